The molecule has 0 aliphatic rings. The molecule has 0 fully saturated rings. The maximum atomic E-state index is 11.7. The molecule has 0 atom stereocenters. The lowest BCUT2D eigenvalue weighted by Gasteiger charge is -2.14. The van der Waals surface area contributed by atoms with Crippen LogP contribution in [0.15, 0.2) is 0 Å². The summed E-state index contributed by atoms with van der Waals surface area (Å²) in [6.07, 6.45) is 0.446. The van der Waals surface area contributed by atoms with Crippen molar-refractivity contribution in [3.05, 3.63) is 11.6 Å². The number of rotatable bonds is 6. The van der Waals surface area contributed by atoms with Crippen molar-refractivity contribution in [3.63, 3.8) is 0 Å². The summed E-state index contributed by atoms with van der Waals surface area (Å²) < 4.78 is 24.6. The fourth-order valence-electron chi connectivity index (χ4n) is 1.15. The minimum absolute atomic E-state index is 0.0520. The molecule has 1 N–H and O–H groups in total. The van der Waals surface area contributed by atoms with E-state index < -0.39 is 10.0 Å². The smallest absolute Gasteiger partial charge is 0.214 e. The molecule has 92 valence electrons. The van der Waals surface area contributed by atoms with Crippen LogP contribution in [-0.4, -0.2) is 46.6 Å². The van der Waals surface area contributed by atoms with Crippen molar-refractivity contribution in [2.45, 2.75) is 19.9 Å². The Morgan fingerprint density at radius 3 is 2.69 bits per heavy atom. The Balaban J connectivity index is 2.61. The van der Waals surface area contributed by atoms with Crippen LogP contribution in [-0.2, 0) is 16.6 Å². The van der Waals surface area contributed by atoms with Gasteiger partial charge < -0.3 is 0 Å². The van der Waals surface area contributed by atoms with E-state index in [1.807, 2.05) is 0 Å². The van der Waals surface area contributed by atoms with E-state index in [0.29, 0.717) is 23.9 Å². The number of sulfonamides is 1. The predicted octanol–water partition coefficient (Wildman–Crippen LogP) is 0.504. The Labute approximate surface area is 100 Å². The molecule has 6 nitrogen and oxygen atoms in total. The van der Waals surface area contributed by atoms with Gasteiger partial charge in [-0.05, 0) is 13.3 Å². The molecule has 0 saturated heterocycles. The number of nitrogens with one attached hydrogen (secondary N) is 1. The highest BCUT2D eigenvalue weighted by Gasteiger charge is 2.18. The van der Waals surface area contributed by atoms with Gasteiger partial charge in [0, 0.05) is 12.9 Å². The van der Waals surface area contributed by atoms with Gasteiger partial charge in [-0.1, -0.05) is 0 Å². The highest BCUT2D eigenvalue weighted by molar-refractivity contribution is 7.89. The van der Waals surface area contributed by atoms with Crippen LogP contribution in [0.4, 0.5) is 0 Å². The summed E-state index contributed by atoms with van der Waals surface area (Å²) in [6.45, 7) is 1.94. The Morgan fingerprint density at radius 2 is 2.19 bits per heavy atom. The number of aromatic amines is 1. The summed E-state index contributed by atoms with van der Waals surface area (Å²) in [5, 5.41) is 6.55. The van der Waals surface area contributed by atoms with Gasteiger partial charge in [-0.25, -0.2) is 13.4 Å². The molecular formula is C8H15ClN4O2S. The van der Waals surface area contributed by atoms with Crippen molar-refractivity contribution in [1.29, 1.82) is 0 Å². The van der Waals surface area contributed by atoms with Gasteiger partial charge in [0.15, 0.2) is 5.82 Å². The molecule has 0 saturated carbocycles. The Morgan fingerprint density at radius 1 is 1.50 bits per heavy atom. The fourth-order valence-corrected chi connectivity index (χ4v) is 2.58. The summed E-state index contributed by atoms with van der Waals surface area (Å²) in [5.74, 6) is 1.53. The van der Waals surface area contributed by atoms with Crippen LogP contribution in [0.2, 0.25) is 0 Å². The number of nitrogens with zero attached hydrogens (tertiary/aromatic N) is 3. The summed E-state index contributed by atoms with van der Waals surface area (Å²) in [7, 11) is -1.75. The van der Waals surface area contributed by atoms with E-state index in [9.17, 15) is 8.42 Å². The van der Waals surface area contributed by atoms with Gasteiger partial charge in [0.1, 0.15) is 5.82 Å². The third-order valence-corrected chi connectivity index (χ3v) is 4.17. The van der Waals surface area contributed by atoms with E-state index in [0.717, 1.165) is 0 Å². The second-order valence-corrected chi connectivity index (χ2v) is 6.03. The maximum absolute atomic E-state index is 11.7. The number of hydrogen-bond acceptors (Lipinski definition) is 4. The van der Waals surface area contributed by atoms with Crippen LogP contribution in [0, 0.1) is 6.92 Å². The molecule has 1 aromatic heterocycles. The van der Waals surface area contributed by atoms with Crippen LogP contribution in [0.1, 0.15) is 18.1 Å². The number of alkyl halides is 1. The van der Waals surface area contributed by atoms with Crippen molar-refractivity contribution in [3.8, 4) is 0 Å². The predicted molar refractivity (Wildman–Crippen MR) is 61.7 cm³/mol. The second kappa shape index (κ2) is 5.60. The quantitative estimate of drug-likeness (QED) is 0.761. The SMILES string of the molecule is Cc1nc(CN(C)S(=O)(=O)CCCCl)n[nH]1. The van der Waals surface area contributed by atoms with Gasteiger partial charge in [-0.15, -0.1) is 11.6 Å². The minimum atomic E-state index is -3.26. The van der Waals surface area contributed by atoms with E-state index >= 15 is 0 Å². The molecular weight excluding hydrogens is 252 g/mol. The molecule has 8 heteroatoms. The molecule has 0 aliphatic carbocycles. The van der Waals surface area contributed by atoms with Gasteiger partial charge in [0.2, 0.25) is 10.0 Å². The second-order valence-electron chi connectivity index (χ2n) is 3.45. The van der Waals surface area contributed by atoms with E-state index in [2.05, 4.69) is 15.2 Å². The number of aromatic nitrogens is 3. The van der Waals surface area contributed by atoms with Gasteiger partial charge in [0.25, 0.3) is 0 Å². The fraction of sp³-hybridized carbons (Fsp3) is 0.750. The van der Waals surface area contributed by atoms with Crippen LogP contribution in [0.25, 0.3) is 0 Å². The van der Waals surface area contributed by atoms with Gasteiger partial charge in [0.05, 0.1) is 12.3 Å². The van der Waals surface area contributed by atoms with Crippen LogP contribution >= 0.6 is 11.6 Å². The molecule has 1 heterocycles. The third-order valence-electron chi connectivity index (χ3n) is 2.02. The molecule has 0 aromatic carbocycles. The van der Waals surface area contributed by atoms with Gasteiger partial charge in [-0.2, -0.15) is 9.40 Å². The summed E-state index contributed by atoms with van der Waals surface area (Å²) in [5.41, 5.74) is 0. The maximum Gasteiger partial charge on any atom is 0.214 e. The average Bonchev–Trinajstić information content (AvgIpc) is 2.61. The average molecular weight is 267 g/mol. The topological polar surface area (TPSA) is 79.0 Å². The molecule has 1 aromatic rings. The van der Waals surface area contributed by atoms with Crippen molar-refractivity contribution in [2.24, 2.45) is 0 Å². The van der Waals surface area contributed by atoms with Gasteiger partial charge in [-0.3, -0.25) is 5.10 Å². The molecule has 0 aliphatic heterocycles. The standard InChI is InChI=1S/C8H15ClN4O2S/c1-7-10-8(12-11-7)6-13(2)16(14,15)5-3-4-9/h3-6H2,1-2H3,(H,10,11,12). The molecule has 0 spiro atoms. The zero-order valence-electron chi connectivity index (χ0n) is 9.27. The molecule has 0 bridgehead atoms. The van der Waals surface area contributed by atoms with Gasteiger partial charge >= 0.3 is 0 Å². The molecule has 0 radical (unpaired) electrons. The van der Waals surface area contributed by atoms with Crippen molar-refractivity contribution >= 4 is 21.6 Å². The first-order chi connectivity index (χ1) is 7.45. The van der Waals surface area contributed by atoms with Crippen LogP contribution < -0.4 is 0 Å². The molecule has 0 unspecified atom stereocenters. The van der Waals surface area contributed by atoms with Crippen molar-refractivity contribution in [1.82, 2.24) is 19.5 Å². The van der Waals surface area contributed by atoms with Crippen LogP contribution in [0.3, 0.4) is 0 Å². The first kappa shape index (κ1) is 13.4. The molecule has 0 amide bonds. The summed E-state index contributed by atoms with van der Waals surface area (Å²) in [4.78, 5) is 4.05. The summed E-state index contributed by atoms with van der Waals surface area (Å²) in [6, 6.07) is 0. The first-order valence-corrected chi connectivity index (χ1v) is 6.98. The minimum Gasteiger partial charge on any atom is -0.263 e. The van der Waals surface area contributed by atoms with E-state index in [4.69, 9.17) is 11.6 Å². The zero-order valence-corrected chi connectivity index (χ0v) is 10.8. The largest absolute Gasteiger partial charge is 0.263 e. The zero-order chi connectivity index (χ0) is 12.2. The Kier molecular flexibility index (Phi) is 4.69. The number of halogens is 1. The lowest BCUT2D eigenvalue weighted by atomic mass is 10.6. The van der Waals surface area contributed by atoms with Crippen molar-refractivity contribution < 1.29 is 8.42 Å². The number of H-pyrrole nitrogens is 1. The van der Waals surface area contributed by atoms with Crippen LogP contribution in [0.5, 0.6) is 0 Å². The number of aryl methyl sites for hydroxylation is 1. The molecule has 16 heavy (non-hydrogen) atoms. The van der Waals surface area contributed by atoms with Crippen molar-refractivity contribution in [2.75, 3.05) is 18.7 Å². The molecule has 1 rings (SSSR count). The van der Waals surface area contributed by atoms with E-state index in [1.165, 1.54) is 11.4 Å². The number of hydrogen-bond donors (Lipinski definition) is 1. The van der Waals surface area contributed by atoms with E-state index in [1.54, 1.807) is 6.92 Å². The highest BCUT2D eigenvalue weighted by Crippen LogP contribution is 2.05. The Bertz CT molecular complexity index is 431. The normalized spacial score (nSPS) is 12.2. The first-order valence-electron chi connectivity index (χ1n) is 4.83. The third kappa shape index (κ3) is 3.73. The lowest BCUT2D eigenvalue weighted by Crippen LogP contribution is -2.29. The monoisotopic (exact) mass is 266 g/mol. The summed E-state index contributed by atoms with van der Waals surface area (Å²) >= 11 is 5.46. The highest BCUT2D eigenvalue weighted by atomic mass is 35.5. The van der Waals surface area contributed by atoms with E-state index in [-0.39, 0.29) is 12.3 Å². The Hall–Kier alpha value is -0.660. The lowest BCUT2D eigenvalue weighted by molar-refractivity contribution is 0.456.